The summed E-state index contributed by atoms with van der Waals surface area (Å²) in [6.45, 7) is 10.7. The standard InChI is InChI=1S/C32H31N5O3S2/c1-19-14-29-30(23(5)33-19)31(25-9-7-6-8-10-25)35-37(29)17-24-11-12-27(28-15-22(4)41-32(28)42(38,39)40)26(16-24)18-36-21(3)13-20(2)34-36/h6-16H,17-18H2,1-5H3,(H,38,39,40). The summed E-state index contributed by atoms with van der Waals surface area (Å²) in [6.07, 6.45) is 0. The van der Waals surface area contributed by atoms with E-state index in [0.717, 1.165) is 77.8 Å². The molecule has 0 aliphatic rings. The van der Waals surface area contributed by atoms with Gasteiger partial charge in [-0.1, -0.05) is 48.5 Å². The van der Waals surface area contributed by atoms with Crippen molar-refractivity contribution in [1.82, 2.24) is 24.5 Å². The average Bonchev–Trinajstić information content (AvgIpc) is 3.59. The highest BCUT2D eigenvalue weighted by Gasteiger charge is 2.23. The quantitative estimate of drug-likeness (QED) is 0.201. The molecule has 0 bridgehead atoms. The number of rotatable bonds is 7. The van der Waals surface area contributed by atoms with E-state index in [1.807, 2.05) is 86.4 Å². The van der Waals surface area contributed by atoms with E-state index in [9.17, 15) is 13.0 Å². The molecule has 42 heavy (non-hydrogen) atoms. The van der Waals surface area contributed by atoms with Crippen LogP contribution in [-0.2, 0) is 23.2 Å². The highest BCUT2D eigenvalue weighted by atomic mass is 32.3. The molecule has 0 unspecified atom stereocenters. The Labute approximate surface area is 249 Å². The van der Waals surface area contributed by atoms with Crippen LogP contribution in [0.2, 0.25) is 0 Å². The van der Waals surface area contributed by atoms with Crippen molar-refractivity contribution >= 4 is 32.4 Å². The Morgan fingerprint density at radius 1 is 0.810 bits per heavy atom. The van der Waals surface area contributed by atoms with Crippen LogP contribution in [0.15, 0.2) is 70.9 Å². The van der Waals surface area contributed by atoms with Crippen LogP contribution in [0.3, 0.4) is 0 Å². The molecule has 4 aromatic heterocycles. The molecule has 8 nitrogen and oxygen atoms in total. The molecule has 4 heterocycles. The molecule has 2 aromatic carbocycles. The number of aromatic nitrogens is 5. The van der Waals surface area contributed by atoms with E-state index in [2.05, 4.69) is 29.4 Å². The molecule has 0 fully saturated rings. The summed E-state index contributed by atoms with van der Waals surface area (Å²) in [5.74, 6) is 0. The second kappa shape index (κ2) is 10.6. The minimum Gasteiger partial charge on any atom is -0.281 e. The van der Waals surface area contributed by atoms with Crippen molar-refractivity contribution in [3.8, 4) is 22.4 Å². The molecule has 0 radical (unpaired) electrons. The van der Waals surface area contributed by atoms with Crippen LogP contribution in [0.4, 0.5) is 0 Å². The van der Waals surface area contributed by atoms with Gasteiger partial charge in [0.05, 0.1) is 24.3 Å². The van der Waals surface area contributed by atoms with Crippen LogP contribution in [0.5, 0.6) is 0 Å². The first kappa shape index (κ1) is 28.0. The van der Waals surface area contributed by atoms with Gasteiger partial charge in [-0.2, -0.15) is 18.6 Å². The fourth-order valence-electron chi connectivity index (χ4n) is 5.63. The molecule has 0 saturated heterocycles. The van der Waals surface area contributed by atoms with Gasteiger partial charge in [0, 0.05) is 38.5 Å². The SMILES string of the molecule is Cc1cc2c(c(C)n1)c(-c1ccccc1)nn2Cc1ccc(-c2cc(C)sc2S(=O)(=O)O)c(Cn2nc(C)cc2C)c1. The number of aryl methyl sites for hydroxylation is 5. The van der Waals surface area contributed by atoms with E-state index in [4.69, 9.17) is 10.1 Å². The molecule has 0 atom stereocenters. The molecule has 214 valence electrons. The first-order valence-electron chi connectivity index (χ1n) is 13.6. The molecular weight excluding hydrogens is 567 g/mol. The Hall–Kier alpha value is -4.12. The van der Waals surface area contributed by atoms with Gasteiger partial charge >= 0.3 is 10.1 Å². The maximum Gasteiger partial charge on any atom is 0.304 e. The largest absolute Gasteiger partial charge is 0.304 e. The fourth-order valence-corrected chi connectivity index (χ4v) is 7.64. The van der Waals surface area contributed by atoms with E-state index < -0.39 is 10.1 Å². The highest BCUT2D eigenvalue weighted by molar-refractivity contribution is 7.88. The summed E-state index contributed by atoms with van der Waals surface area (Å²) >= 11 is 1.07. The van der Waals surface area contributed by atoms with E-state index in [1.165, 1.54) is 0 Å². The number of hydrogen-bond acceptors (Lipinski definition) is 6. The first-order valence-corrected chi connectivity index (χ1v) is 15.8. The van der Waals surface area contributed by atoms with Gasteiger partial charge in [-0.3, -0.25) is 18.9 Å². The van der Waals surface area contributed by atoms with Crippen LogP contribution in [0.1, 0.15) is 38.8 Å². The third-order valence-electron chi connectivity index (χ3n) is 7.36. The van der Waals surface area contributed by atoms with Gasteiger partial charge in [-0.15, -0.1) is 11.3 Å². The number of thiophene rings is 1. The first-order chi connectivity index (χ1) is 20.0. The molecule has 0 spiro atoms. The Kier molecular flexibility index (Phi) is 7.08. The predicted molar refractivity (Wildman–Crippen MR) is 167 cm³/mol. The lowest BCUT2D eigenvalue weighted by Gasteiger charge is -2.14. The van der Waals surface area contributed by atoms with Crippen molar-refractivity contribution in [1.29, 1.82) is 0 Å². The second-order valence-corrected chi connectivity index (χ2v) is 13.6. The molecule has 6 rings (SSSR count). The van der Waals surface area contributed by atoms with Crippen LogP contribution in [-0.4, -0.2) is 37.5 Å². The fraction of sp³-hybridized carbons (Fsp3) is 0.219. The Morgan fingerprint density at radius 2 is 1.57 bits per heavy atom. The smallest absolute Gasteiger partial charge is 0.281 e. The van der Waals surface area contributed by atoms with Gasteiger partial charge in [0.1, 0.15) is 5.69 Å². The molecule has 6 aromatic rings. The molecule has 0 saturated carbocycles. The maximum absolute atomic E-state index is 12.3. The highest BCUT2D eigenvalue weighted by Crippen LogP contribution is 2.38. The van der Waals surface area contributed by atoms with Gasteiger partial charge in [0.15, 0.2) is 4.21 Å². The summed E-state index contributed by atoms with van der Waals surface area (Å²) in [5, 5.41) is 10.7. The summed E-state index contributed by atoms with van der Waals surface area (Å²) in [4.78, 5) is 5.52. The van der Waals surface area contributed by atoms with Crippen LogP contribution < -0.4 is 0 Å². The third kappa shape index (κ3) is 5.29. The summed E-state index contributed by atoms with van der Waals surface area (Å²) in [7, 11) is -4.39. The Bertz CT molecular complexity index is 2070. The van der Waals surface area contributed by atoms with Gasteiger partial charge in [-0.05, 0) is 69.5 Å². The lowest BCUT2D eigenvalue weighted by Crippen LogP contribution is -2.08. The Balaban J connectivity index is 1.50. The zero-order valence-electron chi connectivity index (χ0n) is 24.1. The monoisotopic (exact) mass is 597 g/mol. The number of fused-ring (bicyclic) bond motifs is 1. The minimum absolute atomic E-state index is 0.0496. The number of benzene rings is 2. The molecule has 0 amide bonds. The van der Waals surface area contributed by atoms with Gasteiger partial charge in [0.2, 0.25) is 0 Å². The second-order valence-electron chi connectivity index (χ2n) is 10.7. The summed E-state index contributed by atoms with van der Waals surface area (Å²) in [6, 6.07) is 22.0. The molecule has 1 N–H and O–H groups in total. The number of hydrogen-bond donors (Lipinski definition) is 1. The van der Waals surface area contributed by atoms with E-state index >= 15 is 0 Å². The third-order valence-corrected chi connectivity index (χ3v) is 9.78. The van der Waals surface area contributed by atoms with Gasteiger partial charge < -0.3 is 0 Å². The van der Waals surface area contributed by atoms with Crippen LogP contribution in [0, 0.1) is 34.6 Å². The van der Waals surface area contributed by atoms with Gasteiger partial charge in [-0.25, -0.2) is 0 Å². The Morgan fingerprint density at radius 3 is 2.26 bits per heavy atom. The zero-order valence-corrected chi connectivity index (χ0v) is 25.7. The van der Waals surface area contributed by atoms with Crippen molar-refractivity contribution in [2.45, 2.75) is 51.9 Å². The average molecular weight is 598 g/mol. The van der Waals surface area contributed by atoms with Crippen LogP contribution >= 0.6 is 11.3 Å². The molecular formula is C32H31N5O3S2. The van der Waals surface area contributed by atoms with Crippen molar-refractivity contribution in [2.24, 2.45) is 0 Å². The minimum atomic E-state index is -4.39. The summed E-state index contributed by atoms with van der Waals surface area (Å²) < 4.78 is 38.5. The lowest BCUT2D eigenvalue weighted by molar-refractivity contribution is 0.486. The maximum atomic E-state index is 12.3. The van der Waals surface area contributed by atoms with E-state index in [1.54, 1.807) is 0 Å². The summed E-state index contributed by atoms with van der Waals surface area (Å²) in [5.41, 5.74) is 9.84. The molecule has 0 aliphatic heterocycles. The number of nitrogens with zero attached hydrogens (tertiary/aromatic N) is 5. The normalized spacial score (nSPS) is 12.0. The molecule has 0 aliphatic carbocycles. The number of pyridine rings is 1. The van der Waals surface area contributed by atoms with Crippen LogP contribution in [0.25, 0.3) is 33.3 Å². The van der Waals surface area contributed by atoms with Crippen molar-refractivity contribution < 1.29 is 13.0 Å². The van der Waals surface area contributed by atoms with Gasteiger partial charge in [0.25, 0.3) is 0 Å². The van der Waals surface area contributed by atoms with E-state index in [0.29, 0.717) is 18.7 Å². The topological polar surface area (TPSA) is 103 Å². The van der Waals surface area contributed by atoms with Crippen molar-refractivity contribution in [2.75, 3.05) is 0 Å². The zero-order chi connectivity index (χ0) is 29.8. The van der Waals surface area contributed by atoms with Crippen molar-refractivity contribution in [3.05, 3.63) is 106 Å². The van der Waals surface area contributed by atoms with E-state index in [-0.39, 0.29) is 4.21 Å². The predicted octanol–water partition coefficient (Wildman–Crippen LogP) is 6.91. The van der Waals surface area contributed by atoms with Crippen molar-refractivity contribution in [3.63, 3.8) is 0 Å². The lowest BCUT2D eigenvalue weighted by atomic mass is 9.98. The molecule has 10 heteroatoms.